The number of benzene rings is 1. The van der Waals surface area contributed by atoms with Crippen LogP contribution in [0, 0.1) is 13.8 Å². The van der Waals surface area contributed by atoms with Crippen LogP contribution in [-0.2, 0) is 12.0 Å². The summed E-state index contributed by atoms with van der Waals surface area (Å²) < 4.78 is 0.896. The molecule has 0 spiro atoms. The molecule has 0 aliphatic carbocycles. The molecular weight excluding hydrogens is 298 g/mol. The summed E-state index contributed by atoms with van der Waals surface area (Å²) in [6.45, 7) is 9.58. The van der Waals surface area contributed by atoms with Crippen LogP contribution >= 0.6 is 0 Å². The average Bonchev–Trinajstić information content (AvgIpc) is 2.39. The second-order valence-electron chi connectivity index (χ2n) is 6.72. The van der Waals surface area contributed by atoms with Crippen molar-refractivity contribution in [3.8, 4) is 5.75 Å². The van der Waals surface area contributed by atoms with E-state index < -0.39 is 17.1 Å². The Morgan fingerprint density at radius 2 is 1.61 bits per heavy atom. The second kappa shape index (κ2) is 5.57. The molecule has 0 saturated heterocycles. The number of phenols is 1. The first-order chi connectivity index (χ1) is 10.5. The first kappa shape index (κ1) is 16.8. The lowest BCUT2D eigenvalue weighted by Gasteiger charge is -2.24. The van der Waals surface area contributed by atoms with E-state index in [1.165, 1.54) is 0 Å². The summed E-state index contributed by atoms with van der Waals surface area (Å²) >= 11 is 0. The Hall–Kier alpha value is -2.57. The van der Waals surface area contributed by atoms with Crippen molar-refractivity contribution in [2.75, 3.05) is 0 Å². The molecule has 0 aliphatic heterocycles. The molecule has 0 bridgehead atoms. The summed E-state index contributed by atoms with van der Waals surface area (Å²) in [5.74, 6) is 0.159. The number of hydrogen-bond acceptors (Lipinski definition) is 4. The van der Waals surface area contributed by atoms with Gasteiger partial charge in [0.15, 0.2) is 0 Å². The van der Waals surface area contributed by atoms with Gasteiger partial charge in [0.1, 0.15) is 5.75 Å². The highest BCUT2D eigenvalue weighted by molar-refractivity contribution is 5.51. The maximum atomic E-state index is 11.8. The van der Waals surface area contributed by atoms with E-state index >= 15 is 0 Å². The van der Waals surface area contributed by atoms with Gasteiger partial charge in [-0.25, -0.2) is 19.0 Å². The highest BCUT2D eigenvalue weighted by atomic mass is 16.3. The Bertz CT molecular complexity index is 892. The molecule has 23 heavy (non-hydrogen) atoms. The van der Waals surface area contributed by atoms with Gasteiger partial charge in [-0.05, 0) is 41.5 Å². The van der Waals surface area contributed by atoms with Gasteiger partial charge in [-0.15, -0.1) is 0 Å². The number of aromatic nitrogens is 3. The van der Waals surface area contributed by atoms with Crippen LogP contribution in [0.4, 0.5) is 0 Å². The van der Waals surface area contributed by atoms with E-state index in [0.29, 0.717) is 11.1 Å². The van der Waals surface area contributed by atoms with Gasteiger partial charge in [-0.3, -0.25) is 9.97 Å². The normalized spacial score (nSPS) is 11.7. The molecule has 1 aromatic heterocycles. The average molecular weight is 319 g/mol. The van der Waals surface area contributed by atoms with Gasteiger partial charge in [0, 0.05) is 0 Å². The van der Waals surface area contributed by atoms with Crippen LogP contribution in [0.5, 0.6) is 5.75 Å². The predicted molar refractivity (Wildman–Crippen MR) is 87.3 cm³/mol. The zero-order chi connectivity index (χ0) is 17.5. The molecule has 2 rings (SSSR count). The molecule has 7 nitrogen and oxygen atoms in total. The third kappa shape index (κ3) is 3.13. The van der Waals surface area contributed by atoms with Crippen molar-refractivity contribution in [3.63, 3.8) is 0 Å². The fraction of sp³-hybridized carbons (Fsp3) is 0.438. The van der Waals surface area contributed by atoms with Crippen LogP contribution in [-0.4, -0.2) is 19.6 Å². The van der Waals surface area contributed by atoms with Crippen molar-refractivity contribution in [3.05, 3.63) is 59.8 Å². The summed E-state index contributed by atoms with van der Waals surface area (Å²) in [5, 5.41) is 10.5. The first-order valence-electron chi connectivity index (χ1n) is 7.28. The molecule has 0 fully saturated rings. The minimum Gasteiger partial charge on any atom is -0.507 e. The Balaban J connectivity index is 2.64. The molecule has 0 aliphatic rings. The SMILES string of the molecule is Cc1cc(C(C)(C)C)c(O)c(C)c1Cn1c(=O)[nH]c(=O)[nH]c1=O. The van der Waals surface area contributed by atoms with E-state index in [1.807, 2.05) is 43.7 Å². The van der Waals surface area contributed by atoms with Crippen LogP contribution in [0.3, 0.4) is 0 Å². The number of H-pyrrole nitrogens is 2. The van der Waals surface area contributed by atoms with E-state index in [4.69, 9.17) is 0 Å². The number of aryl methyl sites for hydroxylation is 1. The lowest BCUT2D eigenvalue weighted by Crippen LogP contribution is -2.43. The summed E-state index contributed by atoms with van der Waals surface area (Å²) in [6.07, 6.45) is 0. The number of phenolic OH excluding ortho intramolecular Hbond substituents is 1. The second-order valence-corrected chi connectivity index (χ2v) is 6.72. The molecule has 7 heteroatoms. The maximum Gasteiger partial charge on any atom is 0.333 e. The summed E-state index contributed by atoms with van der Waals surface area (Å²) in [6, 6.07) is 1.86. The van der Waals surface area contributed by atoms with Crippen molar-refractivity contribution in [2.45, 2.75) is 46.6 Å². The minimum atomic E-state index is -0.837. The van der Waals surface area contributed by atoms with Crippen LogP contribution < -0.4 is 17.1 Å². The fourth-order valence-electron chi connectivity index (χ4n) is 2.58. The molecule has 1 aromatic carbocycles. The van der Waals surface area contributed by atoms with Crippen LogP contribution in [0.25, 0.3) is 0 Å². The number of rotatable bonds is 2. The number of nitrogens with zero attached hydrogens (tertiary/aromatic N) is 1. The third-order valence-corrected chi connectivity index (χ3v) is 3.96. The van der Waals surface area contributed by atoms with E-state index in [9.17, 15) is 19.5 Å². The maximum absolute atomic E-state index is 11.8. The predicted octanol–water partition coefficient (Wildman–Crippen LogP) is 0.893. The molecule has 0 unspecified atom stereocenters. The van der Waals surface area contributed by atoms with E-state index in [-0.39, 0.29) is 17.7 Å². The molecule has 0 radical (unpaired) electrons. The van der Waals surface area contributed by atoms with Crippen molar-refractivity contribution in [2.24, 2.45) is 0 Å². The van der Waals surface area contributed by atoms with Gasteiger partial charge in [-0.1, -0.05) is 26.8 Å². The Labute approximate surface area is 132 Å². The molecule has 124 valence electrons. The highest BCUT2D eigenvalue weighted by Crippen LogP contribution is 2.36. The van der Waals surface area contributed by atoms with E-state index in [0.717, 1.165) is 15.7 Å². The molecule has 3 N–H and O–H groups in total. The van der Waals surface area contributed by atoms with Crippen LogP contribution in [0.15, 0.2) is 20.4 Å². The molecule has 1 heterocycles. The van der Waals surface area contributed by atoms with E-state index in [2.05, 4.69) is 0 Å². The van der Waals surface area contributed by atoms with E-state index in [1.54, 1.807) is 6.92 Å². The van der Waals surface area contributed by atoms with Crippen molar-refractivity contribution in [1.82, 2.24) is 14.5 Å². The van der Waals surface area contributed by atoms with Gasteiger partial charge in [-0.2, -0.15) is 0 Å². The Morgan fingerprint density at radius 3 is 2.09 bits per heavy atom. The van der Waals surface area contributed by atoms with Crippen molar-refractivity contribution < 1.29 is 5.11 Å². The van der Waals surface area contributed by atoms with Gasteiger partial charge in [0.05, 0.1) is 6.54 Å². The number of hydrogen-bond donors (Lipinski definition) is 3. The quantitative estimate of drug-likeness (QED) is 0.764. The van der Waals surface area contributed by atoms with Gasteiger partial charge >= 0.3 is 17.1 Å². The molecule has 0 saturated carbocycles. The monoisotopic (exact) mass is 319 g/mol. The zero-order valence-corrected chi connectivity index (χ0v) is 13.9. The Kier molecular flexibility index (Phi) is 4.07. The summed E-state index contributed by atoms with van der Waals surface area (Å²) in [7, 11) is 0. The zero-order valence-electron chi connectivity index (χ0n) is 13.9. The first-order valence-corrected chi connectivity index (χ1v) is 7.28. The number of aromatic amines is 2. The van der Waals surface area contributed by atoms with Crippen molar-refractivity contribution >= 4 is 0 Å². The number of aromatic hydroxyl groups is 1. The smallest absolute Gasteiger partial charge is 0.333 e. The standard InChI is InChI=1S/C16H21N3O4/c1-8-6-11(16(3,4)5)12(20)9(2)10(8)7-19-14(22)17-13(21)18-15(19)23/h6,20H,7H2,1-5H3,(H2,17,18,21,22,23). The van der Waals surface area contributed by atoms with Gasteiger partial charge in [0.2, 0.25) is 0 Å². The van der Waals surface area contributed by atoms with Gasteiger partial charge < -0.3 is 5.11 Å². The molecule has 0 atom stereocenters. The number of nitrogens with one attached hydrogen (secondary N) is 2. The van der Waals surface area contributed by atoms with Crippen LogP contribution in [0.1, 0.15) is 43.0 Å². The molecule has 2 aromatic rings. The summed E-state index contributed by atoms with van der Waals surface area (Å²) in [4.78, 5) is 38.8. The topological polar surface area (TPSA) is 108 Å². The minimum absolute atomic E-state index is 0.0272. The fourth-order valence-corrected chi connectivity index (χ4v) is 2.58. The van der Waals surface area contributed by atoms with Crippen LogP contribution in [0.2, 0.25) is 0 Å². The molecular formula is C16H21N3O4. The highest BCUT2D eigenvalue weighted by Gasteiger charge is 2.22. The van der Waals surface area contributed by atoms with Gasteiger partial charge in [0.25, 0.3) is 0 Å². The molecule has 0 amide bonds. The Morgan fingerprint density at radius 1 is 1.09 bits per heavy atom. The lowest BCUT2D eigenvalue weighted by molar-refractivity contribution is 0.441. The lowest BCUT2D eigenvalue weighted by atomic mass is 9.82. The third-order valence-electron chi connectivity index (χ3n) is 3.96. The van der Waals surface area contributed by atoms with Crippen molar-refractivity contribution in [1.29, 1.82) is 0 Å². The largest absolute Gasteiger partial charge is 0.507 e. The summed E-state index contributed by atoms with van der Waals surface area (Å²) in [5.41, 5.74) is 0.332.